The quantitative estimate of drug-likeness (QED) is 0.217. The van der Waals surface area contributed by atoms with Crippen molar-refractivity contribution in [1.29, 1.82) is 0 Å². The van der Waals surface area contributed by atoms with Crippen LogP contribution in [0.25, 0.3) is 0 Å². The Morgan fingerprint density at radius 1 is 1.44 bits per heavy atom. The van der Waals surface area contributed by atoms with Crippen LogP contribution in [0.3, 0.4) is 0 Å². The first-order valence-electron chi connectivity index (χ1n) is 8.13. The van der Waals surface area contributed by atoms with E-state index in [1.54, 1.807) is 18.2 Å². The highest BCUT2D eigenvalue weighted by molar-refractivity contribution is 5.79. The minimum Gasteiger partial charge on any atom is -0.444 e. The van der Waals surface area contributed by atoms with Gasteiger partial charge in [0.25, 0.3) is 5.69 Å². The van der Waals surface area contributed by atoms with Crippen LogP contribution in [0.4, 0.5) is 5.69 Å². The fraction of sp³-hybridized carbons (Fsp3) is 0.350. The Balaban J connectivity index is 2.97. The topological polar surface area (TPSA) is 69.4 Å². The summed E-state index contributed by atoms with van der Waals surface area (Å²) in [6.45, 7) is 7.40. The first-order chi connectivity index (χ1) is 11.9. The van der Waals surface area contributed by atoms with Gasteiger partial charge >= 0.3 is 5.97 Å². The molecule has 0 N–H and O–H groups in total. The van der Waals surface area contributed by atoms with E-state index < -0.39 is 22.9 Å². The first kappa shape index (κ1) is 20.2. The summed E-state index contributed by atoms with van der Waals surface area (Å²) in [5.74, 6) is 1.55. The summed E-state index contributed by atoms with van der Waals surface area (Å²) in [6.07, 6.45) is 10.3. The summed E-state index contributed by atoms with van der Waals surface area (Å²) in [7, 11) is 0. The summed E-state index contributed by atoms with van der Waals surface area (Å²) in [5.41, 5.74) is 1.44. The van der Waals surface area contributed by atoms with Crippen LogP contribution >= 0.6 is 0 Å². The van der Waals surface area contributed by atoms with Gasteiger partial charge < -0.3 is 4.74 Å². The van der Waals surface area contributed by atoms with Gasteiger partial charge in [0, 0.05) is 12.1 Å². The van der Waals surface area contributed by atoms with E-state index >= 15 is 0 Å². The molecule has 1 aromatic carbocycles. The van der Waals surface area contributed by atoms with Gasteiger partial charge in [-0.15, -0.1) is 13.0 Å². The zero-order chi connectivity index (χ0) is 18.8. The number of rotatable bonds is 9. The number of carbonyl (C=O) groups excluding carboxylic acids is 1. The smallest absolute Gasteiger partial charge is 0.314 e. The normalized spacial score (nSPS) is 13.4. The number of benzene rings is 1. The second kappa shape index (κ2) is 10.1. The Labute approximate surface area is 148 Å². The van der Waals surface area contributed by atoms with Crippen molar-refractivity contribution in [3.63, 3.8) is 0 Å². The number of nitro benzene ring substituents is 1. The summed E-state index contributed by atoms with van der Waals surface area (Å²) in [6, 6.07) is 5.95. The zero-order valence-corrected chi connectivity index (χ0v) is 14.6. The number of esters is 1. The molecule has 0 amide bonds. The molecule has 0 fully saturated rings. The predicted octanol–water partition coefficient (Wildman–Crippen LogP) is 4.55. The van der Waals surface area contributed by atoms with Gasteiger partial charge in [-0.3, -0.25) is 14.9 Å². The Kier molecular flexibility index (Phi) is 8.14. The van der Waals surface area contributed by atoms with Gasteiger partial charge in [-0.05, 0) is 30.9 Å². The zero-order valence-electron chi connectivity index (χ0n) is 14.6. The van der Waals surface area contributed by atoms with Crippen molar-refractivity contribution in [1.82, 2.24) is 0 Å². The molecule has 0 saturated carbocycles. The van der Waals surface area contributed by atoms with E-state index in [0.29, 0.717) is 18.4 Å². The number of nitrogens with zero attached hydrogens (tertiary/aromatic N) is 1. The molecule has 2 unspecified atom stereocenters. The van der Waals surface area contributed by atoms with Gasteiger partial charge in [-0.25, -0.2) is 0 Å². The molecule has 1 aromatic rings. The number of non-ortho nitro benzene ring substituents is 1. The first-order valence-corrected chi connectivity index (χ1v) is 8.13. The van der Waals surface area contributed by atoms with Gasteiger partial charge in [-0.1, -0.05) is 43.5 Å². The summed E-state index contributed by atoms with van der Waals surface area (Å²) in [5, 5.41) is 10.8. The molecule has 0 radical (unpaired) electrons. The van der Waals surface area contributed by atoms with Crippen LogP contribution in [0.5, 0.6) is 0 Å². The summed E-state index contributed by atoms with van der Waals surface area (Å²) < 4.78 is 5.49. The second-order valence-electron chi connectivity index (χ2n) is 5.65. The summed E-state index contributed by atoms with van der Waals surface area (Å²) in [4.78, 5) is 22.9. The molecule has 1 rings (SSSR count). The molecular formula is C20H23NO4. The maximum absolute atomic E-state index is 12.6. The van der Waals surface area contributed by atoms with Gasteiger partial charge in [0.1, 0.15) is 0 Å². The van der Waals surface area contributed by atoms with Crippen LogP contribution in [-0.4, -0.2) is 17.0 Å². The highest BCUT2D eigenvalue weighted by atomic mass is 16.6. The number of nitro groups is 1. The van der Waals surface area contributed by atoms with E-state index in [1.807, 2.05) is 19.9 Å². The third kappa shape index (κ3) is 5.92. The maximum Gasteiger partial charge on any atom is 0.314 e. The van der Waals surface area contributed by atoms with Gasteiger partial charge in [-0.2, -0.15) is 0 Å². The van der Waals surface area contributed by atoms with Crippen LogP contribution in [0.15, 0.2) is 48.6 Å². The van der Waals surface area contributed by atoms with E-state index in [0.717, 1.165) is 12.0 Å². The molecule has 0 aromatic heterocycles. The highest BCUT2D eigenvalue weighted by Crippen LogP contribution is 2.26. The SMILES string of the molecule is C#CC(OC(=O)C(CCC)c1ccc([N+](=O)[O-])cc1)/C(C)=C/CC=C. The van der Waals surface area contributed by atoms with Crippen molar-refractivity contribution >= 4 is 11.7 Å². The Morgan fingerprint density at radius 2 is 2.08 bits per heavy atom. The van der Waals surface area contributed by atoms with Gasteiger partial charge in [0.05, 0.1) is 10.8 Å². The lowest BCUT2D eigenvalue weighted by molar-refractivity contribution is -0.384. The standard InChI is InChI=1S/C20H23NO4/c1-5-8-10-15(4)19(7-3)25-20(22)18(9-6-2)16-11-13-17(14-12-16)21(23)24/h3,5,10-14,18-19H,1,6,8-9H2,2,4H3/b15-10+. The average Bonchev–Trinajstić information content (AvgIpc) is 2.61. The summed E-state index contributed by atoms with van der Waals surface area (Å²) >= 11 is 0. The second-order valence-corrected chi connectivity index (χ2v) is 5.65. The predicted molar refractivity (Wildman–Crippen MR) is 98.0 cm³/mol. The molecule has 5 heteroatoms. The fourth-order valence-electron chi connectivity index (χ4n) is 2.37. The van der Waals surface area contributed by atoms with E-state index in [-0.39, 0.29) is 5.69 Å². The molecule has 0 aliphatic carbocycles. The van der Waals surface area contributed by atoms with Crippen molar-refractivity contribution in [2.75, 3.05) is 0 Å². The number of hydrogen-bond donors (Lipinski definition) is 0. The Hall–Kier alpha value is -2.87. The molecule has 132 valence electrons. The molecule has 0 heterocycles. The van der Waals surface area contributed by atoms with Crippen molar-refractivity contribution in [3.05, 3.63) is 64.2 Å². The maximum atomic E-state index is 12.6. The molecule has 25 heavy (non-hydrogen) atoms. The molecule has 0 saturated heterocycles. The number of terminal acetylenes is 1. The molecule has 0 aliphatic rings. The lowest BCUT2D eigenvalue weighted by Crippen LogP contribution is -2.23. The molecule has 0 spiro atoms. The molecular weight excluding hydrogens is 318 g/mol. The minimum absolute atomic E-state index is 0.0166. The van der Waals surface area contributed by atoms with Crippen molar-refractivity contribution in [2.24, 2.45) is 0 Å². The number of hydrogen-bond acceptors (Lipinski definition) is 4. The van der Waals surface area contributed by atoms with E-state index in [9.17, 15) is 14.9 Å². The van der Waals surface area contributed by atoms with Crippen LogP contribution in [-0.2, 0) is 9.53 Å². The van der Waals surface area contributed by atoms with Gasteiger partial charge in [0.2, 0.25) is 0 Å². The highest BCUT2D eigenvalue weighted by Gasteiger charge is 2.25. The lowest BCUT2D eigenvalue weighted by Gasteiger charge is -2.19. The van der Waals surface area contributed by atoms with Crippen LogP contribution in [0.2, 0.25) is 0 Å². The average molecular weight is 341 g/mol. The Morgan fingerprint density at radius 3 is 2.56 bits per heavy atom. The van der Waals surface area contributed by atoms with E-state index in [4.69, 9.17) is 11.2 Å². The number of ether oxygens (including phenoxy) is 1. The largest absolute Gasteiger partial charge is 0.444 e. The van der Waals surface area contributed by atoms with E-state index in [2.05, 4.69) is 12.5 Å². The third-order valence-electron chi connectivity index (χ3n) is 3.77. The molecule has 5 nitrogen and oxygen atoms in total. The lowest BCUT2D eigenvalue weighted by atomic mass is 9.94. The number of carbonyl (C=O) groups is 1. The minimum atomic E-state index is -0.732. The van der Waals surface area contributed by atoms with Gasteiger partial charge in [0.15, 0.2) is 6.10 Å². The monoisotopic (exact) mass is 341 g/mol. The van der Waals surface area contributed by atoms with Crippen LogP contribution < -0.4 is 0 Å². The Bertz CT molecular complexity index is 683. The van der Waals surface area contributed by atoms with Crippen molar-refractivity contribution in [2.45, 2.75) is 45.1 Å². The third-order valence-corrected chi connectivity index (χ3v) is 3.77. The fourth-order valence-corrected chi connectivity index (χ4v) is 2.37. The molecule has 2 atom stereocenters. The van der Waals surface area contributed by atoms with Crippen molar-refractivity contribution < 1.29 is 14.5 Å². The number of allylic oxidation sites excluding steroid dienone is 2. The van der Waals surface area contributed by atoms with Crippen LogP contribution in [0.1, 0.15) is 44.6 Å². The molecule has 0 bridgehead atoms. The van der Waals surface area contributed by atoms with Crippen molar-refractivity contribution in [3.8, 4) is 12.3 Å². The van der Waals surface area contributed by atoms with E-state index in [1.165, 1.54) is 12.1 Å². The molecule has 0 aliphatic heterocycles. The van der Waals surface area contributed by atoms with Crippen LogP contribution in [0, 0.1) is 22.5 Å².